The van der Waals surface area contributed by atoms with Crippen LogP contribution in [0, 0.1) is 11.3 Å². The van der Waals surface area contributed by atoms with Crippen LogP contribution in [0.3, 0.4) is 0 Å². The summed E-state index contributed by atoms with van der Waals surface area (Å²) in [5.41, 5.74) is 1.08. The van der Waals surface area contributed by atoms with Crippen molar-refractivity contribution in [3.8, 4) is 0 Å². The molecular formula is C17H26O. The zero-order chi connectivity index (χ0) is 13.2. The second kappa shape index (κ2) is 5.05. The molecule has 100 valence electrons. The number of aliphatic hydroxyl groups is 1. The second-order valence-electron chi connectivity index (χ2n) is 7.05. The van der Waals surface area contributed by atoms with Crippen LogP contribution in [-0.2, 0) is 6.42 Å². The standard InChI is InChI=1S/C17H26O/c1-16(2,3)15-10-7-11-17(18,13-15)12-14-8-5-4-6-9-14/h4-6,8-9,15,18H,7,10-13H2,1-3H3. The number of benzene rings is 1. The van der Waals surface area contributed by atoms with Crippen LogP contribution in [0.5, 0.6) is 0 Å². The molecular weight excluding hydrogens is 220 g/mol. The number of hydrogen-bond acceptors (Lipinski definition) is 1. The van der Waals surface area contributed by atoms with Gasteiger partial charge >= 0.3 is 0 Å². The quantitative estimate of drug-likeness (QED) is 0.829. The molecule has 1 aliphatic rings. The van der Waals surface area contributed by atoms with E-state index in [1.807, 2.05) is 6.07 Å². The minimum Gasteiger partial charge on any atom is -0.390 e. The molecule has 1 aliphatic carbocycles. The Morgan fingerprint density at radius 1 is 1.22 bits per heavy atom. The minimum absolute atomic E-state index is 0.311. The maximum absolute atomic E-state index is 10.9. The zero-order valence-corrected chi connectivity index (χ0v) is 11.9. The fourth-order valence-corrected chi connectivity index (χ4v) is 3.22. The Hall–Kier alpha value is -0.820. The van der Waals surface area contributed by atoms with Gasteiger partial charge in [-0.2, -0.15) is 0 Å². The monoisotopic (exact) mass is 246 g/mol. The highest BCUT2D eigenvalue weighted by Crippen LogP contribution is 2.43. The zero-order valence-electron chi connectivity index (χ0n) is 11.9. The first kappa shape index (κ1) is 13.6. The summed E-state index contributed by atoms with van der Waals surface area (Å²) in [7, 11) is 0. The topological polar surface area (TPSA) is 20.2 Å². The van der Waals surface area contributed by atoms with Gasteiger partial charge in [-0.1, -0.05) is 57.5 Å². The van der Waals surface area contributed by atoms with E-state index >= 15 is 0 Å². The Kier molecular flexibility index (Phi) is 3.82. The van der Waals surface area contributed by atoms with Crippen molar-refractivity contribution in [3.63, 3.8) is 0 Å². The molecule has 0 spiro atoms. The average molecular weight is 246 g/mol. The maximum Gasteiger partial charge on any atom is 0.0690 e. The molecule has 1 nitrogen and oxygen atoms in total. The molecule has 1 fully saturated rings. The lowest BCUT2D eigenvalue weighted by atomic mass is 9.66. The Labute approximate surface area is 111 Å². The van der Waals surface area contributed by atoms with Gasteiger partial charge in [-0.25, -0.2) is 0 Å². The number of rotatable bonds is 2. The third-order valence-corrected chi connectivity index (χ3v) is 4.42. The molecule has 0 heterocycles. The van der Waals surface area contributed by atoms with Gasteiger partial charge in [0.25, 0.3) is 0 Å². The van der Waals surface area contributed by atoms with Gasteiger partial charge < -0.3 is 5.11 Å². The summed E-state index contributed by atoms with van der Waals surface area (Å²) in [5.74, 6) is 0.639. The van der Waals surface area contributed by atoms with Crippen LogP contribution >= 0.6 is 0 Å². The third kappa shape index (κ3) is 3.35. The summed E-state index contributed by atoms with van der Waals surface area (Å²) in [6.45, 7) is 6.89. The van der Waals surface area contributed by atoms with E-state index in [0.717, 1.165) is 25.7 Å². The van der Waals surface area contributed by atoms with Crippen molar-refractivity contribution < 1.29 is 5.11 Å². The summed E-state index contributed by atoms with van der Waals surface area (Å²) in [5, 5.41) is 10.9. The van der Waals surface area contributed by atoms with Crippen molar-refractivity contribution in [2.45, 2.75) is 58.5 Å². The van der Waals surface area contributed by atoms with Gasteiger partial charge in [-0.15, -0.1) is 0 Å². The molecule has 0 amide bonds. The Bertz CT molecular complexity index is 376. The van der Waals surface area contributed by atoms with Crippen LogP contribution in [0.2, 0.25) is 0 Å². The fraction of sp³-hybridized carbons (Fsp3) is 0.647. The van der Waals surface area contributed by atoms with Gasteiger partial charge in [-0.05, 0) is 36.2 Å². The average Bonchev–Trinajstić information content (AvgIpc) is 2.28. The van der Waals surface area contributed by atoms with Gasteiger partial charge in [0.2, 0.25) is 0 Å². The van der Waals surface area contributed by atoms with Gasteiger partial charge in [-0.3, -0.25) is 0 Å². The lowest BCUT2D eigenvalue weighted by Gasteiger charge is -2.42. The molecule has 0 saturated heterocycles. The van der Waals surface area contributed by atoms with Crippen molar-refractivity contribution in [2.75, 3.05) is 0 Å². The SMILES string of the molecule is CC(C)(C)C1CCCC(O)(Cc2ccccc2)C1. The van der Waals surface area contributed by atoms with Crippen LogP contribution < -0.4 is 0 Å². The van der Waals surface area contributed by atoms with Crippen molar-refractivity contribution in [1.29, 1.82) is 0 Å². The third-order valence-electron chi connectivity index (χ3n) is 4.42. The van der Waals surface area contributed by atoms with Gasteiger partial charge in [0.1, 0.15) is 0 Å². The lowest BCUT2D eigenvalue weighted by molar-refractivity contribution is -0.0374. The highest BCUT2D eigenvalue weighted by molar-refractivity contribution is 5.17. The van der Waals surface area contributed by atoms with Crippen molar-refractivity contribution >= 4 is 0 Å². The van der Waals surface area contributed by atoms with Gasteiger partial charge in [0.05, 0.1) is 5.60 Å². The Balaban J connectivity index is 2.07. The van der Waals surface area contributed by atoms with Crippen LogP contribution in [0.4, 0.5) is 0 Å². The molecule has 2 atom stereocenters. The summed E-state index contributed by atoms with van der Waals surface area (Å²) in [4.78, 5) is 0. The van der Waals surface area contributed by atoms with Crippen LogP contribution in [0.15, 0.2) is 30.3 Å². The molecule has 2 unspecified atom stereocenters. The summed E-state index contributed by atoms with van der Waals surface area (Å²) < 4.78 is 0. The predicted molar refractivity (Wildman–Crippen MR) is 76.5 cm³/mol. The first-order valence-electron chi connectivity index (χ1n) is 7.15. The summed E-state index contributed by atoms with van der Waals surface area (Å²) in [6, 6.07) is 10.4. The van der Waals surface area contributed by atoms with E-state index in [4.69, 9.17) is 0 Å². The fourth-order valence-electron chi connectivity index (χ4n) is 3.22. The van der Waals surface area contributed by atoms with Crippen molar-refractivity contribution in [3.05, 3.63) is 35.9 Å². The molecule has 1 saturated carbocycles. The minimum atomic E-state index is -0.489. The van der Waals surface area contributed by atoms with Gasteiger partial charge in [0, 0.05) is 6.42 Å². The molecule has 0 aliphatic heterocycles. The molecule has 0 radical (unpaired) electrons. The Morgan fingerprint density at radius 2 is 1.89 bits per heavy atom. The van der Waals surface area contributed by atoms with E-state index < -0.39 is 5.60 Å². The first-order valence-corrected chi connectivity index (χ1v) is 7.15. The van der Waals surface area contributed by atoms with Gasteiger partial charge in [0.15, 0.2) is 0 Å². The van der Waals surface area contributed by atoms with Crippen molar-refractivity contribution in [2.24, 2.45) is 11.3 Å². The molecule has 1 aromatic carbocycles. The normalized spacial score (nSPS) is 29.2. The van der Waals surface area contributed by atoms with Crippen LogP contribution in [0.25, 0.3) is 0 Å². The molecule has 1 aromatic rings. The predicted octanol–water partition coefficient (Wildman–Crippen LogP) is 4.20. The summed E-state index contributed by atoms with van der Waals surface area (Å²) >= 11 is 0. The molecule has 1 N–H and O–H groups in total. The van der Waals surface area contributed by atoms with Crippen LogP contribution in [-0.4, -0.2) is 10.7 Å². The largest absolute Gasteiger partial charge is 0.390 e. The van der Waals surface area contributed by atoms with E-state index in [9.17, 15) is 5.11 Å². The molecule has 0 aromatic heterocycles. The highest BCUT2D eigenvalue weighted by atomic mass is 16.3. The molecule has 18 heavy (non-hydrogen) atoms. The Morgan fingerprint density at radius 3 is 2.50 bits per heavy atom. The van der Waals surface area contributed by atoms with E-state index in [0.29, 0.717) is 11.3 Å². The van der Waals surface area contributed by atoms with Crippen LogP contribution in [0.1, 0.15) is 52.0 Å². The maximum atomic E-state index is 10.9. The van der Waals surface area contributed by atoms with E-state index in [2.05, 4.69) is 45.0 Å². The van der Waals surface area contributed by atoms with E-state index in [-0.39, 0.29) is 0 Å². The molecule has 1 heteroatoms. The highest BCUT2D eigenvalue weighted by Gasteiger charge is 2.38. The van der Waals surface area contributed by atoms with E-state index in [1.165, 1.54) is 12.0 Å². The van der Waals surface area contributed by atoms with Crippen molar-refractivity contribution in [1.82, 2.24) is 0 Å². The van der Waals surface area contributed by atoms with E-state index in [1.54, 1.807) is 0 Å². The first-order chi connectivity index (χ1) is 8.39. The lowest BCUT2D eigenvalue weighted by Crippen LogP contribution is -2.41. The molecule has 2 rings (SSSR count). The summed E-state index contributed by atoms with van der Waals surface area (Å²) in [6.07, 6.45) is 5.13. The number of hydrogen-bond donors (Lipinski definition) is 1. The smallest absolute Gasteiger partial charge is 0.0690 e. The second-order valence-corrected chi connectivity index (χ2v) is 7.05. The molecule has 0 bridgehead atoms.